The number of imide groups is 1. The molecule has 0 saturated heterocycles. The van der Waals surface area contributed by atoms with Gasteiger partial charge in [-0.2, -0.15) is 13.2 Å². The minimum Gasteiger partial charge on any atom is -0.324 e. The van der Waals surface area contributed by atoms with Gasteiger partial charge in [0.15, 0.2) is 0 Å². The Balaban J connectivity index is 1.90. The summed E-state index contributed by atoms with van der Waals surface area (Å²) in [6.07, 6.45) is -3.42. The minimum atomic E-state index is -4.84. The number of pyridine rings is 1. The van der Waals surface area contributed by atoms with Gasteiger partial charge in [0, 0.05) is 12.4 Å². The molecule has 0 bridgehead atoms. The highest BCUT2D eigenvalue weighted by atomic mass is 19.4. The summed E-state index contributed by atoms with van der Waals surface area (Å²) < 4.78 is 38.7. The number of carbonyl (C=O) groups excluding carboxylic acids is 3. The van der Waals surface area contributed by atoms with E-state index in [4.69, 9.17) is 0 Å². The normalized spacial score (nSPS) is 13.9. The number of halogens is 3. The van der Waals surface area contributed by atoms with Crippen molar-refractivity contribution >= 4 is 17.8 Å². The number of hydroxylamine groups is 2. The Morgan fingerprint density at radius 1 is 1.04 bits per heavy atom. The maximum atomic E-state index is 12.9. The largest absolute Gasteiger partial charge is 0.418 e. The molecule has 122 valence electrons. The van der Waals surface area contributed by atoms with Gasteiger partial charge in [-0.3, -0.25) is 14.6 Å². The Morgan fingerprint density at radius 2 is 1.62 bits per heavy atom. The van der Waals surface area contributed by atoms with Crippen LogP contribution in [0.2, 0.25) is 0 Å². The van der Waals surface area contributed by atoms with E-state index in [1.54, 1.807) is 0 Å². The zero-order valence-electron chi connectivity index (χ0n) is 11.7. The molecule has 2 heterocycles. The zero-order chi connectivity index (χ0) is 17.5. The third kappa shape index (κ3) is 2.49. The maximum Gasteiger partial charge on any atom is 0.418 e. The average Bonchev–Trinajstić information content (AvgIpc) is 2.79. The molecule has 9 heteroatoms. The van der Waals surface area contributed by atoms with Crippen molar-refractivity contribution in [3.8, 4) is 0 Å². The second-order valence-electron chi connectivity index (χ2n) is 4.75. The van der Waals surface area contributed by atoms with Crippen molar-refractivity contribution in [1.82, 2.24) is 10.0 Å². The SMILES string of the molecule is O=C(ON1C(=O)c2ccccc2C1=O)c1ccncc1C(F)(F)F. The number of benzene rings is 1. The fourth-order valence-corrected chi connectivity index (χ4v) is 2.18. The van der Waals surface area contributed by atoms with Crippen molar-refractivity contribution in [2.24, 2.45) is 0 Å². The lowest BCUT2D eigenvalue weighted by atomic mass is 10.1. The van der Waals surface area contributed by atoms with Gasteiger partial charge in [-0.05, 0) is 18.2 Å². The molecule has 0 fully saturated rings. The highest BCUT2D eigenvalue weighted by Crippen LogP contribution is 2.32. The average molecular weight is 336 g/mol. The van der Waals surface area contributed by atoms with E-state index in [9.17, 15) is 27.6 Å². The third-order valence-corrected chi connectivity index (χ3v) is 3.28. The smallest absolute Gasteiger partial charge is 0.324 e. The Morgan fingerprint density at radius 3 is 2.17 bits per heavy atom. The number of hydrogen-bond donors (Lipinski definition) is 0. The summed E-state index contributed by atoms with van der Waals surface area (Å²) in [6, 6.07) is 6.48. The van der Waals surface area contributed by atoms with Gasteiger partial charge in [-0.25, -0.2) is 4.79 Å². The fourth-order valence-electron chi connectivity index (χ4n) is 2.18. The summed E-state index contributed by atoms with van der Waals surface area (Å²) in [5, 5.41) is 0.146. The van der Waals surface area contributed by atoms with E-state index >= 15 is 0 Å². The van der Waals surface area contributed by atoms with Crippen LogP contribution < -0.4 is 0 Å². The van der Waals surface area contributed by atoms with Gasteiger partial charge in [0.2, 0.25) is 0 Å². The monoisotopic (exact) mass is 336 g/mol. The molecular weight excluding hydrogens is 329 g/mol. The van der Waals surface area contributed by atoms with Crippen LogP contribution in [0.3, 0.4) is 0 Å². The predicted octanol–water partition coefficient (Wildman–Crippen LogP) is 2.47. The van der Waals surface area contributed by atoms with E-state index in [0.29, 0.717) is 6.20 Å². The van der Waals surface area contributed by atoms with Crippen LogP contribution in [0.4, 0.5) is 13.2 Å². The lowest BCUT2D eigenvalue weighted by molar-refractivity contribution is -0.138. The predicted molar refractivity (Wildman–Crippen MR) is 71.6 cm³/mol. The fraction of sp³-hybridized carbons (Fsp3) is 0.0667. The van der Waals surface area contributed by atoms with Crippen molar-refractivity contribution in [2.75, 3.05) is 0 Å². The summed E-state index contributed by atoms with van der Waals surface area (Å²) in [6.45, 7) is 0. The minimum absolute atomic E-state index is 0.000994. The van der Waals surface area contributed by atoms with Crippen LogP contribution in [0.5, 0.6) is 0 Å². The number of amides is 2. The number of rotatable bonds is 2. The third-order valence-electron chi connectivity index (χ3n) is 3.28. The zero-order valence-corrected chi connectivity index (χ0v) is 11.7. The Kier molecular flexibility index (Phi) is 3.55. The van der Waals surface area contributed by atoms with Crippen LogP contribution in [0, 0.1) is 0 Å². The van der Waals surface area contributed by atoms with Crippen LogP contribution in [0.1, 0.15) is 36.6 Å². The standard InChI is InChI=1S/C15H7F3N2O4/c16-15(17,18)11-7-19-6-5-10(11)14(23)24-20-12(21)8-3-1-2-4-9(8)13(20)22/h1-7H. The van der Waals surface area contributed by atoms with Gasteiger partial charge in [-0.15, -0.1) is 0 Å². The molecule has 24 heavy (non-hydrogen) atoms. The first-order chi connectivity index (χ1) is 11.3. The molecular formula is C15H7F3N2O4. The van der Waals surface area contributed by atoms with E-state index in [1.807, 2.05) is 0 Å². The van der Waals surface area contributed by atoms with E-state index in [-0.39, 0.29) is 16.2 Å². The lowest BCUT2D eigenvalue weighted by Crippen LogP contribution is -2.33. The number of aromatic nitrogens is 1. The highest BCUT2D eigenvalue weighted by Gasteiger charge is 2.41. The first-order valence-electron chi connectivity index (χ1n) is 6.52. The Bertz CT molecular complexity index is 829. The maximum absolute atomic E-state index is 12.9. The van der Waals surface area contributed by atoms with Crippen molar-refractivity contribution in [2.45, 2.75) is 6.18 Å². The summed E-state index contributed by atoms with van der Waals surface area (Å²) in [5.74, 6) is -3.34. The number of hydrogen-bond acceptors (Lipinski definition) is 5. The molecule has 0 saturated carbocycles. The van der Waals surface area contributed by atoms with Gasteiger partial charge >= 0.3 is 12.1 Å². The summed E-state index contributed by atoms with van der Waals surface area (Å²) >= 11 is 0. The number of nitrogens with zero attached hydrogens (tertiary/aromatic N) is 2. The van der Waals surface area contributed by atoms with Crippen molar-refractivity contribution in [1.29, 1.82) is 0 Å². The van der Waals surface area contributed by atoms with E-state index in [1.165, 1.54) is 24.3 Å². The Hall–Kier alpha value is -3.23. The van der Waals surface area contributed by atoms with Gasteiger partial charge in [0.05, 0.1) is 22.3 Å². The second kappa shape index (κ2) is 5.44. The molecule has 0 radical (unpaired) electrons. The first-order valence-corrected chi connectivity index (χ1v) is 6.52. The van der Waals surface area contributed by atoms with Crippen molar-refractivity contribution in [3.05, 3.63) is 65.0 Å². The molecule has 6 nitrogen and oxygen atoms in total. The molecule has 1 aromatic heterocycles. The van der Waals surface area contributed by atoms with Crippen LogP contribution >= 0.6 is 0 Å². The van der Waals surface area contributed by atoms with Crippen LogP contribution in [0.15, 0.2) is 42.7 Å². The van der Waals surface area contributed by atoms with Gasteiger partial charge < -0.3 is 4.84 Å². The molecule has 0 N–H and O–H groups in total. The van der Waals surface area contributed by atoms with E-state index < -0.39 is 35.1 Å². The van der Waals surface area contributed by atoms with Crippen LogP contribution in [-0.2, 0) is 11.0 Å². The highest BCUT2D eigenvalue weighted by molar-refractivity contribution is 6.21. The molecule has 0 spiro atoms. The number of carbonyl (C=O) groups is 3. The van der Waals surface area contributed by atoms with Crippen molar-refractivity contribution in [3.63, 3.8) is 0 Å². The molecule has 2 amide bonds. The van der Waals surface area contributed by atoms with Gasteiger partial charge in [0.1, 0.15) is 0 Å². The molecule has 0 atom stereocenters. The molecule has 0 aliphatic carbocycles. The first kappa shape index (κ1) is 15.7. The molecule has 1 aromatic carbocycles. The van der Waals surface area contributed by atoms with E-state index in [0.717, 1.165) is 12.3 Å². The lowest BCUT2D eigenvalue weighted by Gasteiger charge is -2.15. The van der Waals surface area contributed by atoms with Gasteiger partial charge in [-0.1, -0.05) is 17.2 Å². The molecule has 3 rings (SSSR count). The molecule has 1 aliphatic rings. The summed E-state index contributed by atoms with van der Waals surface area (Å²) in [5.41, 5.74) is -2.18. The van der Waals surface area contributed by atoms with Gasteiger partial charge in [0.25, 0.3) is 11.8 Å². The summed E-state index contributed by atoms with van der Waals surface area (Å²) in [7, 11) is 0. The molecule has 2 aromatic rings. The topological polar surface area (TPSA) is 76.6 Å². The molecule has 0 unspecified atom stereocenters. The Labute approximate surface area is 132 Å². The van der Waals surface area contributed by atoms with Crippen molar-refractivity contribution < 1.29 is 32.4 Å². The van der Waals surface area contributed by atoms with E-state index in [2.05, 4.69) is 9.82 Å². The second-order valence-corrected chi connectivity index (χ2v) is 4.75. The van der Waals surface area contributed by atoms with Crippen LogP contribution in [0.25, 0.3) is 0 Å². The number of fused-ring (bicyclic) bond motifs is 1. The molecule has 1 aliphatic heterocycles. The number of alkyl halides is 3. The van der Waals surface area contributed by atoms with Crippen LogP contribution in [-0.4, -0.2) is 27.8 Å². The quantitative estimate of drug-likeness (QED) is 0.788. The summed E-state index contributed by atoms with van der Waals surface area (Å²) in [4.78, 5) is 44.0.